The molecule has 2 aromatic carbocycles. The molecule has 0 spiro atoms. The van der Waals surface area contributed by atoms with Gasteiger partial charge in [0.25, 0.3) is 0 Å². The second kappa shape index (κ2) is 21.7. The van der Waals surface area contributed by atoms with E-state index in [1.165, 1.54) is 32.1 Å². The molecule has 10 rings (SSSR count). The second-order valence-electron chi connectivity index (χ2n) is 17.6. The highest BCUT2D eigenvalue weighted by molar-refractivity contribution is 5.95. The number of carbonyl (C=O) groups excluding carboxylic acids is 1. The van der Waals surface area contributed by atoms with E-state index in [0.29, 0.717) is 71.9 Å². The molecule has 69 heavy (non-hydrogen) atoms. The highest BCUT2D eigenvalue weighted by Gasteiger charge is 2.27. The lowest BCUT2D eigenvalue weighted by molar-refractivity contribution is -0.117. The zero-order chi connectivity index (χ0) is 47.5. The summed E-state index contributed by atoms with van der Waals surface area (Å²) in [6.07, 6.45) is 24.5. The van der Waals surface area contributed by atoms with Crippen LogP contribution >= 0.6 is 0 Å². The number of carbonyl (C=O) groups is 1. The Morgan fingerprint density at radius 1 is 0.681 bits per heavy atom. The molecule has 18 nitrogen and oxygen atoms in total. The van der Waals surface area contributed by atoms with Crippen molar-refractivity contribution in [3.05, 3.63) is 98.3 Å². The molecule has 6 heterocycles. The lowest BCUT2D eigenvalue weighted by Crippen LogP contribution is -2.23. The van der Waals surface area contributed by atoms with Crippen LogP contribution < -0.4 is 25.0 Å². The Balaban J connectivity index is 0.000000172. The number of amides is 1. The van der Waals surface area contributed by atoms with E-state index in [0.717, 1.165) is 72.4 Å². The molecule has 1 amide bonds. The van der Waals surface area contributed by atoms with Crippen molar-refractivity contribution >= 4 is 34.9 Å². The van der Waals surface area contributed by atoms with Gasteiger partial charge in [-0.05, 0) is 92.5 Å². The largest absolute Gasteiger partial charge is 0.493 e. The molecule has 2 aliphatic carbocycles. The van der Waals surface area contributed by atoms with Gasteiger partial charge < -0.3 is 29.4 Å². The molecule has 7 aromatic rings. The van der Waals surface area contributed by atoms with E-state index in [4.69, 9.17) is 13.9 Å². The number of benzene rings is 2. The summed E-state index contributed by atoms with van der Waals surface area (Å²) < 4.78 is 20.0. The molecule has 3 fully saturated rings. The number of aromatic nitrogens is 9. The van der Waals surface area contributed by atoms with Gasteiger partial charge in [0.05, 0.1) is 82.3 Å². The Bertz CT molecular complexity index is 2890. The fourth-order valence-electron chi connectivity index (χ4n) is 9.44. The normalized spacial score (nSPS) is 15.8. The third-order valence-electron chi connectivity index (χ3n) is 13.2. The number of rotatable bonds is 16. The Hall–Kier alpha value is -8.12. The lowest BCUT2D eigenvalue weighted by Gasteiger charge is -2.16. The Labute approximate surface area is 400 Å². The Morgan fingerprint density at radius 3 is 1.62 bits per heavy atom. The van der Waals surface area contributed by atoms with E-state index >= 15 is 0 Å². The highest BCUT2D eigenvalue weighted by atomic mass is 16.5. The number of ether oxygens (including phenoxy) is 2. The summed E-state index contributed by atoms with van der Waals surface area (Å²) in [5, 5.41) is 34.8. The van der Waals surface area contributed by atoms with E-state index in [2.05, 4.69) is 57.9 Å². The van der Waals surface area contributed by atoms with Crippen LogP contribution in [0.1, 0.15) is 64.2 Å². The van der Waals surface area contributed by atoms with Crippen LogP contribution in [0, 0.1) is 46.3 Å². The monoisotopic (exact) mass is 926 g/mol. The summed E-state index contributed by atoms with van der Waals surface area (Å²) in [7, 11) is 3.18. The Kier molecular flexibility index (Phi) is 14.4. The van der Waals surface area contributed by atoms with Gasteiger partial charge in [0, 0.05) is 59.1 Å². The minimum absolute atomic E-state index is 0.0281. The number of oxazole rings is 1. The lowest BCUT2D eigenvalue weighted by atomic mass is 9.92. The molecule has 5 aromatic heterocycles. The van der Waals surface area contributed by atoms with Gasteiger partial charge in [-0.15, -0.1) is 0 Å². The SMILES string of the molecule is COc1cnc(Nc2ccc(-c3cnco3)cc2)nc1-c1cnn(CC(C#N)C2CCCC2)c1.COc1cnc(Nc2ccc(N3CCCC3=O)cc2)nc1-c1cnn(CC(C#N)C2CCCC2)c1. The van der Waals surface area contributed by atoms with Crippen molar-refractivity contribution in [1.29, 1.82) is 10.5 Å². The fourth-order valence-corrected chi connectivity index (χ4v) is 9.44. The van der Waals surface area contributed by atoms with Crippen LogP contribution in [0.5, 0.6) is 11.5 Å². The maximum atomic E-state index is 12.0. The van der Waals surface area contributed by atoms with Crippen molar-refractivity contribution in [2.45, 2.75) is 77.3 Å². The standard InChI is InChI=1S/C26H29N7O2.C25H25N7O2/c1-35-23-15-28-26(30-21-8-10-22(11-9-21)33-12-4-7-24(33)34)31-25(23)20-14-29-32(17-20)16-19(13-27)18-5-2-3-6-18;1-33-23-13-28-25(30-21-8-6-18(7-9-21)22-12-27-16-34-22)31-24(23)20-11-29-32(15-20)14-19(10-26)17-4-2-3-5-17/h8-11,14-15,17-19H,2-7,12,16H2,1H3,(H,28,30,31);6-9,11-13,15-17,19H,2-5,14H2,1H3,(H,28,30,31). The van der Waals surface area contributed by atoms with Crippen LogP contribution in [0.4, 0.5) is 29.0 Å². The summed E-state index contributed by atoms with van der Waals surface area (Å²) in [5.41, 5.74) is 6.37. The van der Waals surface area contributed by atoms with Gasteiger partial charge in [0.15, 0.2) is 23.7 Å². The Morgan fingerprint density at radius 2 is 1.19 bits per heavy atom. The third kappa shape index (κ3) is 11.0. The number of nitrogens with one attached hydrogen (secondary N) is 2. The van der Waals surface area contributed by atoms with Crippen molar-refractivity contribution in [3.8, 4) is 57.5 Å². The maximum Gasteiger partial charge on any atom is 0.227 e. The first kappa shape index (κ1) is 46.0. The van der Waals surface area contributed by atoms with Crippen LogP contribution in [0.2, 0.25) is 0 Å². The van der Waals surface area contributed by atoms with Crippen LogP contribution in [-0.4, -0.2) is 71.2 Å². The molecular weight excluding hydrogens is 873 g/mol. The summed E-state index contributed by atoms with van der Waals surface area (Å²) in [6.45, 7) is 1.92. The number of methoxy groups -OCH3 is 2. The highest BCUT2D eigenvalue weighted by Crippen LogP contribution is 2.35. The molecule has 0 radical (unpaired) electrons. The molecule has 2 saturated carbocycles. The summed E-state index contributed by atoms with van der Waals surface area (Å²) >= 11 is 0. The van der Waals surface area contributed by atoms with Gasteiger partial charge in [-0.1, -0.05) is 25.7 Å². The van der Waals surface area contributed by atoms with Gasteiger partial charge in [-0.3, -0.25) is 14.2 Å². The number of anilines is 5. The zero-order valence-corrected chi connectivity index (χ0v) is 38.7. The summed E-state index contributed by atoms with van der Waals surface area (Å²) in [5.74, 6) is 3.69. The van der Waals surface area contributed by atoms with E-state index in [1.807, 2.05) is 75.2 Å². The first-order valence-corrected chi connectivity index (χ1v) is 23.5. The van der Waals surface area contributed by atoms with Gasteiger partial charge in [-0.25, -0.2) is 24.9 Å². The van der Waals surface area contributed by atoms with Crippen LogP contribution in [0.25, 0.3) is 33.8 Å². The quantitative estimate of drug-likeness (QED) is 0.0920. The number of nitrogens with zero attached hydrogens (tertiary/aromatic N) is 12. The summed E-state index contributed by atoms with van der Waals surface area (Å²) in [4.78, 5) is 35.9. The molecule has 0 bridgehead atoms. The van der Waals surface area contributed by atoms with Crippen molar-refractivity contribution in [3.63, 3.8) is 0 Å². The molecule has 1 aliphatic heterocycles. The molecular formula is C51H54N14O4. The van der Waals surface area contributed by atoms with Crippen LogP contribution in [0.3, 0.4) is 0 Å². The average molecular weight is 927 g/mol. The van der Waals surface area contributed by atoms with Crippen molar-refractivity contribution < 1.29 is 18.7 Å². The van der Waals surface area contributed by atoms with E-state index in [1.54, 1.807) is 45.2 Å². The fraction of sp³-hybridized carbons (Fsp3) is 0.373. The van der Waals surface area contributed by atoms with Gasteiger partial charge in [0.2, 0.25) is 17.8 Å². The molecule has 18 heteroatoms. The first-order chi connectivity index (χ1) is 33.9. The smallest absolute Gasteiger partial charge is 0.227 e. The molecule has 1 saturated heterocycles. The predicted molar refractivity (Wildman–Crippen MR) is 258 cm³/mol. The topological polar surface area (TPSA) is 224 Å². The van der Waals surface area contributed by atoms with E-state index < -0.39 is 0 Å². The molecule has 2 N–H and O–H groups in total. The number of hydrogen-bond acceptors (Lipinski definition) is 15. The molecule has 352 valence electrons. The van der Waals surface area contributed by atoms with E-state index in [9.17, 15) is 15.3 Å². The first-order valence-electron chi connectivity index (χ1n) is 23.5. The third-order valence-corrected chi connectivity index (χ3v) is 13.2. The van der Waals surface area contributed by atoms with Crippen LogP contribution in [0.15, 0.2) is 103 Å². The maximum absolute atomic E-state index is 12.0. The molecule has 3 aliphatic rings. The minimum atomic E-state index is -0.0337. The van der Waals surface area contributed by atoms with Crippen molar-refractivity contribution in [2.24, 2.45) is 23.7 Å². The van der Waals surface area contributed by atoms with Gasteiger partial charge in [-0.2, -0.15) is 20.7 Å². The van der Waals surface area contributed by atoms with Gasteiger partial charge in [0.1, 0.15) is 11.4 Å². The predicted octanol–water partition coefficient (Wildman–Crippen LogP) is 9.63. The van der Waals surface area contributed by atoms with Gasteiger partial charge >= 0.3 is 0 Å². The molecule has 2 unspecified atom stereocenters. The zero-order valence-electron chi connectivity index (χ0n) is 38.7. The van der Waals surface area contributed by atoms with Crippen molar-refractivity contribution in [2.75, 3.05) is 36.3 Å². The average Bonchev–Trinajstić information content (AvgIpc) is 4.25. The van der Waals surface area contributed by atoms with E-state index in [-0.39, 0.29) is 17.7 Å². The number of hydrogen-bond donors (Lipinski definition) is 2. The minimum Gasteiger partial charge on any atom is -0.493 e. The number of nitriles is 2. The summed E-state index contributed by atoms with van der Waals surface area (Å²) in [6, 6.07) is 20.4. The van der Waals surface area contributed by atoms with Crippen molar-refractivity contribution in [1.82, 2.24) is 44.5 Å². The van der Waals surface area contributed by atoms with Crippen LogP contribution in [-0.2, 0) is 17.9 Å². The second-order valence-corrected chi connectivity index (χ2v) is 17.6. The molecule has 2 atom stereocenters.